The highest BCUT2D eigenvalue weighted by atomic mass is 16.5. The molecule has 1 atom stereocenters. The molecule has 0 N–H and O–H groups in total. The van der Waals surface area contributed by atoms with E-state index >= 15 is 0 Å². The number of ether oxygens (including phenoxy) is 2. The van der Waals surface area contributed by atoms with Crippen LogP contribution < -0.4 is 4.74 Å². The number of carbonyl (C=O) groups is 3. The average Bonchev–Trinajstić information content (AvgIpc) is 2.71. The number of carbonyl (C=O) groups excluding carboxylic acids is 3. The van der Waals surface area contributed by atoms with Crippen molar-refractivity contribution in [3.05, 3.63) is 65.7 Å². The topological polar surface area (TPSA) is 72.9 Å². The van der Waals surface area contributed by atoms with Crippen molar-refractivity contribution in [3.63, 3.8) is 0 Å². The van der Waals surface area contributed by atoms with Crippen LogP contribution in [-0.4, -0.2) is 42.8 Å². The molecule has 0 radical (unpaired) electrons. The van der Waals surface area contributed by atoms with E-state index < -0.39 is 5.92 Å². The number of ketones is 1. The van der Waals surface area contributed by atoms with Gasteiger partial charge in [0.2, 0.25) is 0 Å². The van der Waals surface area contributed by atoms with Crippen LogP contribution in [0.5, 0.6) is 5.75 Å². The highest BCUT2D eigenvalue weighted by Crippen LogP contribution is 2.14. The van der Waals surface area contributed by atoms with Crippen LogP contribution in [0.2, 0.25) is 0 Å². The molecule has 0 aliphatic heterocycles. The number of rotatable bonds is 9. The van der Waals surface area contributed by atoms with E-state index in [-0.39, 0.29) is 30.8 Å². The number of esters is 1. The number of methoxy groups -OCH3 is 1. The molecule has 0 aromatic heterocycles. The van der Waals surface area contributed by atoms with Crippen molar-refractivity contribution in [2.24, 2.45) is 5.92 Å². The molecule has 2 aromatic carbocycles. The highest BCUT2D eigenvalue weighted by Gasteiger charge is 2.22. The lowest BCUT2D eigenvalue weighted by Gasteiger charge is -2.25. The Hall–Kier alpha value is -3.15. The van der Waals surface area contributed by atoms with Crippen LogP contribution in [0.3, 0.4) is 0 Å². The van der Waals surface area contributed by atoms with E-state index in [1.165, 1.54) is 14.0 Å². The standard InChI is InChI=1S/C22H25NO5/c1-16(22(26)27-3)13-23(14-18-7-5-4-6-8-18)21(25)15-28-20-11-9-19(10-12-20)17(2)24/h4-12,16H,13-15H2,1-3H3. The Bertz CT molecular complexity index is 801. The monoisotopic (exact) mass is 383 g/mol. The van der Waals surface area contributed by atoms with Crippen molar-refractivity contribution < 1.29 is 23.9 Å². The fourth-order valence-corrected chi connectivity index (χ4v) is 2.69. The maximum absolute atomic E-state index is 12.7. The number of nitrogens with zero attached hydrogens (tertiary/aromatic N) is 1. The Morgan fingerprint density at radius 3 is 2.21 bits per heavy atom. The third kappa shape index (κ3) is 6.23. The molecule has 0 heterocycles. The third-order valence-electron chi connectivity index (χ3n) is 4.29. The zero-order chi connectivity index (χ0) is 20.5. The molecule has 2 rings (SSSR count). The van der Waals surface area contributed by atoms with Crippen LogP contribution in [0.4, 0.5) is 0 Å². The van der Waals surface area contributed by atoms with Gasteiger partial charge in [-0.05, 0) is 36.8 Å². The molecular weight excluding hydrogens is 358 g/mol. The van der Waals surface area contributed by atoms with Gasteiger partial charge in [0.05, 0.1) is 13.0 Å². The Morgan fingerprint density at radius 1 is 1.00 bits per heavy atom. The second-order valence-corrected chi connectivity index (χ2v) is 6.55. The molecule has 0 aliphatic rings. The number of hydrogen-bond donors (Lipinski definition) is 0. The molecule has 0 fully saturated rings. The van der Waals surface area contributed by atoms with Gasteiger partial charge in [0, 0.05) is 18.7 Å². The van der Waals surface area contributed by atoms with Crippen molar-refractivity contribution in [3.8, 4) is 5.75 Å². The minimum atomic E-state index is -0.451. The number of hydrogen-bond acceptors (Lipinski definition) is 5. The Balaban J connectivity index is 2.04. The molecule has 0 bridgehead atoms. The second kappa shape index (κ2) is 10.3. The summed E-state index contributed by atoms with van der Waals surface area (Å²) in [4.78, 5) is 37.4. The van der Waals surface area contributed by atoms with Crippen LogP contribution in [0.1, 0.15) is 29.8 Å². The molecule has 0 aliphatic carbocycles. The lowest BCUT2D eigenvalue weighted by molar-refractivity contribution is -0.147. The first-order valence-corrected chi connectivity index (χ1v) is 9.04. The van der Waals surface area contributed by atoms with Gasteiger partial charge in [-0.3, -0.25) is 14.4 Å². The smallest absolute Gasteiger partial charge is 0.310 e. The Morgan fingerprint density at radius 2 is 1.64 bits per heavy atom. The van der Waals surface area contributed by atoms with Crippen molar-refractivity contribution >= 4 is 17.7 Å². The van der Waals surface area contributed by atoms with Crippen molar-refractivity contribution in [1.82, 2.24) is 4.90 Å². The summed E-state index contributed by atoms with van der Waals surface area (Å²) in [7, 11) is 1.33. The minimum Gasteiger partial charge on any atom is -0.484 e. The van der Waals surface area contributed by atoms with Gasteiger partial charge in [-0.2, -0.15) is 0 Å². The zero-order valence-corrected chi connectivity index (χ0v) is 16.4. The van der Waals surface area contributed by atoms with Crippen LogP contribution in [0.25, 0.3) is 0 Å². The molecule has 28 heavy (non-hydrogen) atoms. The van der Waals surface area contributed by atoms with E-state index in [1.807, 2.05) is 30.3 Å². The summed E-state index contributed by atoms with van der Waals surface area (Å²) in [5.74, 6) is -0.596. The summed E-state index contributed by atoms with van der Waals surface area (Å²) >= 11 is 0. The van der Waals surface area contributed by atoms with Crippen molar-refractivity contribution in [1.29, 1.82) is 0 Å². The Labute approximate surface area is 165 Å². The number of amides is 1. The minimum absolute atomic E-state index is 0.0338. The van der Waals surface area contributed by atoms with Gasteiger partial charge in [0.25, 0.3) is 5.91 Å². The summed E-state index contributed by atoms with van der Waals surface area (Å²) in [6, 6.07) is 16.2. The van der Waals surface area contributed by atoms with Gasteiger partial charge in [-0.1, -0.05) is 37.3 Å². The predicted molar refractivity (Wildman–Crippen MR) is 105 cm³/mol. The molecule has 0 spiro atoms. The molecule has 0 saturated heterocycles. The summed E-state index contributed by atoms with van der Waals surface area (Å²) in [6.45, 7) is 3.64. The SMILES string of the molecule is COC(=O)C(C)CN(Cc1ccccc1)C(=O)COc1ccc(C(C)=O)cc1. The normalized spacial score (nSPS) is 11.4. The predicted octanol–water partition coefficient (Wildman–Crippen LogP) is 3.11. The number of benzene rings is 2. The van der Waals surface area contributed by atoms with Crippen LogP contribution in [-0.2, 0) is 20.9 Å². The zero-order valence-electron chi connectivity index (χ0n) is 16.4. The average molecular weight is 383 g/mol. The van der Waals surface area contributed by atoms with Gasteiger partial charge in [0.1, 0.15) is 5.75 Å². The van der Waals surface area contributed by atoms with E-state index in [9.17, 15) is 14.4 Å². The molecule has 0 saturated carbocycles. The van der Waals surface area contributed by atoms with Gasteiger partial charge in [0.15, 0.2) is 12.4 Å². The molecule has 148 valence electrons. The number of Topliss-reactive ketones (excluding diaryl/α,β-unsaturated/α-hetero) is 1. The lowest BCUT2D eigenvalue weighted by Crippen LogP contribution is -2.39. The summed E-state index contributed by atoms with van der Waals surface area (Å²) < 4.78 is 10.3. The molecule has 6 heteroatoms. The van der Waals surface area contributed by atoms with Crippen molar-refractivity contribution in [2.75, 3.05) is 20.3 Å². The molecule has 1 amide bonds. The summed E-state index contributed by atoms with van der Waals surface area (Å²) in [6.07, 6.45) is 0. The lowest BCUT2D eigenvalue weighted by atomic mass is 10.1. The first kappa shape index (κ1) is 21.2. The summed E-state index contributed by atoms with van der Waals surface area (Å²) in [5, 5.41) is 0. The highest BCUT2D eigenvalue weighted by molar-refractivity contribution is 5.94. The van der Waals surface area contributed by atoms with Crippen LogP contribution in [0, 0.1) is 5.92 Å². The van der Waals surface area contributed by atoms with Crippen molar-refractivity contribution in [2.45, 2.75) is 20.4 Å². The van der Waals surface area contributed by atoms with Gasteiger partial charge in [-0.15, -0.1) is 0 Å². The first-order chi connectivity index (χ1) is 13.4. The van der Waals surface area contributed by atoms with Gasteiger partial charge in [-0.25, -0.2) is 0 Å². The van der Waals surface area contributed by atoms with Gasteiger partial charge >= 0.3 is 5.97 Å². The fraction of sp³-hybridized carbons (Fsp3) is 0.318. The van der Waals surface area contributed by atoms with E-state index in [1.54, 1.807) is 36.1 Å². The summed E-state index contributed by atoms with van der Waals surface area (Å²) in [5.41, 5.74) is 1.54. The largest absolute Gasteiger partial charge is 0.484 e. The fourth-order valence-electron chi connectivity index (χ4n) is 2.69. The maximum Gasteiger partial charge on any atom is 0.310 e. The van der Waals surface area contributed by atoms with E-state index in [0.717, 1.165) is 5.56 Å². The Kier molecular flexibility index (Phi) is 7.75. The second-order valence-electron chi connectivity index (χ2n) is 6.55. The van der Waals surface area contributed by atoms with E-state index in [2.05, 4.69) is 0 Å². The maximum atomic E-state index is 12.7. The first-order valence-electron chi connectivity index (χ1n) is 9.04. The van der Waals surface area contributed by atoms with Gasteiger partial charge < -0.3 is 14.4 Å². The molecular formula is C22H25NO5. The molecule has 2 aromatic rings. The molecule has 1 unspecified atom stereocenters. The van der Waals surface area contributed by atoms with E-state index in [0.29, 0.717) is 17.9 Å². The van der Waals surface area contributed by atoms with Crippen LogP contribution >= 0.6 is 0 Å². The molecule has 6 nitrogen and oxygen atoms in total. The van der Waals surface area contributed by atoms with Crippen LogP contribution in [0.15, 0.2) is 54.6 Å². The van der Waals surface area contributed by atoms with E-state index in [4.69, 9.17) is 9.47 Å². The quantitative estimate of drug-likeness (QED) is 0.491. The third-order valence-corrected chi connectivity index (χ3v) is 4.29.